The van der Waals surface area contributed by atoms with Crippen LogP contribution in [0, 0.1) is 5.92 Å². The molecule has 1 aromatic carbocycles. The Kier molecular flexibility index (Phi) is 7.12. The van der Waals surface area contributed by atoms with E-state index in [1.165, 1.54) is 11.0 Å². The van der Waals surface area contributed by atoms with E-state index in [0.717, 1.165) is 12.1 Å². The lowest BCUT2D eigenvalue weighted by molar-refractivity contribution is 0.0789. The molecule has 7 nitrogen and oxygen atoms in total. The fourth-order valence-electron chi connectivity index (χ4n) is 2.06. The van der Waals surface area contributed by atoms with Crippen LogP contribution < -0.4 is 5.73 Å². The average Bonchev–Trinajstić information content (AvgIpc) is 3.06. The molecule has 126 valence electrons. The molecule has 2 N–H and O–H groups in total. The fraction of sp³-hybridized carbons (Fsp3) is 0.467. The summed E-state index contributed by atoms with van der Waals surface area (Å²) >= 11 is 0. The molecule has 0 saturated carbocycles. The topological polar surface area (TPSA) is 89.9 Å². The number of halogens is 1. The standard InChI is InChI=1S/C15H22N6O.ClH/c1-11(2)14(16)7-8-20(3)15(22)12-5-4-6-13(9-12)21-10-17-18-19-21;/h4-6,9-11,14H,7-8,16H2,1-3H3;1H. The minimum Gasteiger partial charge on any atom is -0.342 e. The van der Waals surface area contributed by atoms with Crippen LogP contribution in [0.5, 0.6) is 0 Å². The largest absolute Gasteiger partial charge is 0.342 e. The molecule has 1 atom stereocenters. The van der Waals surface area contributed by atoms with Gasteiger partial charge in [0.2, 0.25) is 0 Å². The van der Waals surface area contributed by atoms with Gasteiger partial charge in [0.15, 0.2) is 0 Å². The number of amides is 1. The number of nitrogens with zero attached hydrogens (tertiary/aromatic N) is 5. The second-order valence-electron chi connectivity index (χ2n) is 5.73. The molecule has 8 heteroatoms. The third-order valence-corrected chi connectivity index (χ3v) is 3.71. The van der Waals surface area contributed by atoms with E-state index < -0.39 is 0 Å². The zero-order chi connectivity index (χ0) is 16.1. The highest BCUT2D eigenvalue weighted by molar-refractivity contribution is 5.94. The first-order valence-electron chi connectivity index (χ1n) is 7.33. The van der Waals surface area contributed by atoms with Crippen LogP contribution in [0.2, 0.25) is 0 Å². The van der Waals surface area contributed by atoms with E-state index in [-0.39, 0.29) is 24.4 Å². The highest BCUT2D eigenvalue weighted by Gasteiger charge is 2.15. The Labute approximate surface area is 142 Å². The number of aromatic nitrogens is 4. The van der Waals surface area contributed by atoms with E-state index in [1.54, 1.807) is 24.1 Å². The lowest BCUT2D eigenvalue weighted by Gasteiger charge is -2.21. The summed E-state index contributed by atoms with van der Waals surface area (Å²) in [5.74, 6) is 0.373. The molecule has 0 spiro atoms. The van der Waals surface area contributed by atoms with Gasteiger partial charge in [-0.2, -0.15) is 0 Å². The van der Waals surface area contributed by atoms with Crippen molar-refractivity contribution < 1.29 is 4.79 Å². The monoisotopic (exact) mass is 338 g/mol. The number of hydrogen-bond acceptors (Lipinski definition) is 5. The third kappa shape index (κ3) is 5.01. The molecular weight excluding hydrogens is 316 g/mol. The highest BCUT2D eigenvalue weighted by Crippen LogP contribution is 2.12. The minimum atomic E-state index is -0.0362. The number of benzene rings is 1. The van der Waals surface area contributed by atoms with Gasteiger partial charge in [-0.05, 0) is 41.0 Å². The van der Waals surface area contributed by atoms with Crippen molar-refractivity contribution in [3.05, 3.63) is 36.2 Å². The van der Waals surface area contributed by atoms with Crippen molar-refractivity contribution in [2.45, 2.75) is 26.3 Å². The van der Waals surface area contributed by atoms with E-state index in [1.807, 2.05) is 12.1 Å². The van der Waals surface area contributed by atoms with Crippen molar-refractivity contribution in [1.82, 2.24) is 25.1 Å². The maximum Gasteiger partial charge on any atom is 0.253 e. The molecule has 0 saturated heterocycles. The molecule has 0 aliphatic carbocycles. The van der Waals surface area contributed by atoms with Gasteiger partial charge in [0, 0.05) is 25.2 Å². The Morgan fingerprint density at radius 3 is 2.74 bits per heavy atom. The van der Waals surface area contributed by atoms with Crippen molar-refractivity contribution in [2.75, 3.05) is 13.6 Å². The van der Waals surface area contributed by atoms with Crippen LogP contribution in [0.1, 0.15) is 30.6 Å². The first-order chi connectivity index (χ1) is 10.5. The van der Waals surface area contributed by atoms with Crippen LogP contribution >= 0.6 is 12.4 Å². The molecule has 1 heterocycles. The molecule has 2 aromatic rings. The quantitative estimate of drug-likeness (QED) is 0.862. The number of tetrazole rings is 1. The number of hydrogen-bond donors (Lipinski definition) is 1. The number of rotatable bonds is 6. The lowest BCUT2D eigenvalue weighted by Crippen LogP contribution is -2.34. The summed E-state index contributed by atoms with van der Waals surface area (Å²) in [7, 11) is 1.79. The maximum absolute atomic E-state index is 12.5. The van der Waals surface area contributed by atoms with Crippen LogP contribution in [0.25, 0.3) is 5.69 Å². The summed E-state index contributed by atoms with van der Waals surface area (Å²) in [4.78, 5) is 14.2. The van der Waals surface area contributed by atoms with E-state index in [0.29, 0.717) is 18.0 Å². The summed E-state index contributed by atoms with van der Waals surface area (Å²) in [5.41, 5.74) is 7.39. The third-order valence-electron chi connectivity index (χ3n) is 3.71. The van der Waals surface area contributed by atoms with Gasteiger partial charge in [0.1, 0.15) is 6.33 Å². The summed E-state index contributed by atoms with van der Waals surface area (Å²) in [5, 5.41) is 11.0. The van der Waals surface area contributed by atoms with E-state index >= 15 is 0 Å². The van der Waals surface area contributed by atoms with Crippen molar-refractivity contribution >= 4 is 18.3 Å². The predicted octanol–water partition coefficient (Wildman–Crippen LogP) is 1.53. The summed E-state index contributed by atoms with van der Waals surface area (Å²) in [6.45, 7) is 4.80. The predicted molar refractivity (Wildman–Crippen MR) is 90.8 cm³/mol. The first kappa shape index (κ1) is 19.1. The zero-order valence-corrected chi connectivity index (χ0v) is 14.4. The van der Waals surface area contributed by atoms with Crippen molar-refractivity contribution in [2.24, 2.45) is 11.7 Å². The average molecular weight is 339 g/mol. The maximum atomic E-state index is 12.5. The van der Waals surface area contributed by atoms with Gasteiger partial charge >= 0.3 is 0 Å². The smallest absolute Gasteiger partial charge is 0.253 e. The molecule has 0 aliphatic rings. The van der Waals surface area contributed by atoms with Crippen LogP contribution in [-0.4, -0.2) is 50.6 Å². The Hall–Kier alpha value is -1.99. The summed E-state index contributed by atoms with van der Waals surface area (Å²) in [6.07, 6.45) is 2.28. The number of carbonyl (C=O) groups excluding carboxylic acids is 1. The molecule has 0 bridgehead atoms. The van der Waals surface area contributed by atoms with Gasteiger partial charge in [-0.3, -0.25) is 4.79 Å². The summed E-state index contributed by atoms with van der Waals surface area (Å²) < 4.78 is 1.52. The molecule has 1 aromatic heterocycles. The first-order valence-corrected chi connectivity index (χ1v) is 7.33. The molecular formula is C15H23ClN6O. The molecule has 23 heavy (non-hydrogen) atoms. The van der Waals surface area contributed by atoms with Crippen LogP contribution in [0.3, 0.4) is 0 Å². The molecule has 1 amide bonds. The van der Waals surface area contributed by atoms with Gasteiger partial charge in [0.05, 0.1) is 5.69 Å². The second kappa shape index (κ2) is 8.59. The zero-order valence-electron chi connectivity index (χ0n) is 13.6. The Bertz CT molecular complexity index is 616. The van der Waals surface area contributed by atoms with Gasteiger partial charge in [0.25, 0.3) is 5.91 Å². The SMILES string of the molecule is CC(C)C(N)CCN(C)C(=O)c1cccc(-n2cnnn2)c1.Cl. The molecule has 1 unspecified atom stereocenters. The molecule has 0 aliphatic heterocycles. The van der Waals surface area contributed by atoms with Crippen molar-refractivity contribution in [1.29, 1.82) is 0 Å². The highest BCUT2D eigenvalue weighted by atomic mass is 35.5. The lowest BCUT2D eigenvalue weighted by atomic mass is 10.0. The Balaban J connectivity index is 0.00000264. The van der Waals surface area contributed by atoms with Gasteiger partial charge in [-0.1, -0.05) is 19.9 Å². The van der Waals surface area contributed by atoms with Crippen LogP contribution in [0.4, 0.5) is 0 Å². The van der Waals surface area contributed by atoms with E-state index in [9.17, 15) is 4.79 Å². The Morgan fingerprint density at radius 1 is 1.39 bits per heavy atom. The second-order valence-corrected chi connectivity index (χ2v) is 5.73. The molecule has 0 radical (unpaired) electrons. The van der Waals surface area contributed by atoms with Crippen LogP contribution in [0.15, 0.2) is 30.6 Å². The van der Waals surface area contributed by atoms with Gasteiger partial charge < -0.3 is 10.6 Å². The van der Waals surface area contributed by atoms with E-state index in [2.05, 4.69) is 29.4 Å². The van der Waals surface area contributed by atoms with E-state index in [4.69, 9.17) is 5.73 Å². The van der Waals surface area contributed by atoms with Crippen molar-refractivity contribution in [3.8, 4) is 5.69 Å². The van der Waals surface area contributed by atoms with Gasteiger partial charge in [-0.25, -0.2) is 4.68 Å². The van der Waals surface area contributed by atoms with Crippen LogP contribution in [-0.2, 0) is 0 Å². The minimum absolute atomic E-state index is 0. The number of nitrogens with two attached hydrogens (primary N) is 1. The van der Waals surface area contributed by atoms with Gasteiger partial charge in [-0.15, -0.1) is 17.5 Å². The molecule has 2 rings (SSSR count). The molecule has 0 fully saturated rings. The Morgan fingerprint density at radius 2 is 2.13 bits per heavy atom. The fourth-order valence-corrected chi connectivity index (χ4v) is 2.06. The van der Waals surface area contributed by atoms with Crippen molar-refractivity contribution in [3.63, 3.8) is 0 Å². The summed E-state index contributed by atoms with van der Waals surface area (Å²) in [6, 6.07) is 7.33. The normalized spacial score (nSPS) is 11.9. The number of carbonyl (C=O) groups is 1.